The van der Waals surface area contributed by atoms with E-state index in [1.807, 2.05) is 13.8 Å². The summed E-state index contributed by atoms with van der Waals surface area (Å²) in [5.41, 5.74) is 13.3. The number of aliphatic hydroxyl groups excluding tert-OH is 6. The van der Waals surface area contributed by atoms with Crippen LogP contribution < -0.4 is 68.6 Å². The molecule has 8 aliphatic rings. The van der Waals surface area contributed by atoms with Crippen LogP contribution in [0.15, 0.2) is 78.9 Å². The predicted molar refractivity (Wildman–Crippen MR) is 386 cm³/mol. The molecule has 5 aromatic rings. The molecule has 0 saturated carbocycles. The van der Waals surface area contributed by atoms with Gasteiger partial charge in [-0.15, -0.1) is 0 Å². The van der Waals surface area contributed by atoms with Crippen LogP contribution in [-0.2, 0) is 62.0 Å². The molecular formula is C73H88Cl2N10O26. The standard InChI is InChI=1S/C73H88Cl2N10O26/c1-26(2)14-38(79-7)64(96)84-54-56(91)30-9-12-42(36(74)16-30)106-44-18-32-19-45(60(44)111-71-61(58(93)57(92)46(25-86)108-71)110-49-24-73(6,78)63(95)28(4)105-49)107-43-13-10-31(17-37(43)75)59(109-48-23-72(5,77)62(94)27(3)104-48)55-69(101)83-53(70(102)103)35-20-33(87)21-41(89)50(35)34-15-29(8-11-40(34)88)51(66(98)85-55)82-67(99)52(32)81-65(97)39(22-47(76)90)80-68(54)100/h8-13,15-21,26-28,38-39,46,48-49,51-59,61-63,71,79,86-89,91-95H,14,22-25,77-78H2,1-7H3,(H2,76,90)(H,80,100)(H,81,97)(H,82,99)(H,83,101)(H,84,96)(H,85,98)(H,102,103)/t27-,28-,38+,39-,46+,48-,49-,51+,52+,53-,54+,55-,56+,57+,58?,59+,61+,62-,63-,71-,72-,73-/m0/s1. The van der Waals surface area contributed by atoms with Crippen molar-refractivity contribution in [2.45, 2.75) is 201 Å². The van der Waals surface area contributed by atoms with Gasteiger partial charge in [0, 0.05) is 46.7 Å². The molecule has 13 rings (SSSR count). The number of rotatable bonds is 15. The number of amides is 7. The molecule has 111 heavy (non-hydrogen) atoms. The van der Waals surface area contributed by atoms with Crippen LogP contribution in [0.1, 0.15) is 125 Å². The van der Waals surface area contributed by atoms with Gasteiger partial charge in [-0.25, -0.2) is 4.79 Å². The molecule has 23 N–H and O–H groups in total. The van der Waals surface area contributed by atoms with Gasteiger partial charge < -0.3 is 143 Å². The van der Waals surface area contributed by atoms with Crippen LogP contribution in [0, 0.1) is 5.92 Å². The number of fused-ring (bicyclic) bond motifs is 15. The lowest BCUT2D eigenvalue weighted by atomic mass is 9.86. The van der Waals surface area contributed by atoms with E-state index in [2.05, 4.69) is 37.2 Å². The summed E-state index contributed by atoms with van der Waals surface area (Å²) in [5, 5.41) is 131. The molecule has 5 aromatic carbocycles. The highest BCUT2D eigenvalue weighted by Crippen LogP contribution is 2.50. The second-order valence-electron chi connectivity index (χ2n) is 29.3. The lowest BCUT2D eigenvalue weighted by Crippen LogP contribution is -2.64. The Morgan fingerprint density at radius 1 is 0.658 bits per heavy atom. The fraction of sp³-hybridized carbons (Fsp3) is 0.479. The van der Waals surface area contributed by atoms with Crippen LogP contribution in [0.25, 0.3) is 11.1 Å². The molecule has 3 saturated heterocycles. The molecule has 0 aromatic heterocycles. The first-order chi connectivity index (χ1) is 52.3. The number of primary amides is 1. The predicted octanol–water partition coefficient (Wildman–Crippen LogP) is 0.344. The summed E-state index contributed by atoms with van der Waals surface area (Å²) in [6.45, 7) is 8.58. The molecule has 7 amide bonds. The maximum Gasteiger partial charge on any atom is 0.330 e. The van der Waals surface area contributed by atoms with Crippen LogP contribution in [0.3, 0.4) is 0 Å². The lowest BCUT2D eigenvalue weighted by Gasteiger charge is -2.47. The van der Waals surface area contributed by atoms with Crippen LogP contribution in [0.5, 0.6) is 46.0 Å². The van der Waals surface area contributed by atoms with E-state index in [9.17, 15) is 70.2 Å². The number of phenolic OH excluding ortho intramolecular Hbond substituents is 3. The second-order valence-corrected chi connectivity index (χ2v) is 30.1. The normalized spacial score (nSPS) is 32.1. The monoisotopic (exact) mass is 1590 g/mol. The molecule has 1 unspecified atom stereocenters. The van der Waals surface area contributed by atoms with E-state index in [4.69, 9.17) is 78.3 Å². The van der Waals surface area contributed by atoms with Gasteiger partial charge in [-0.05, 0) is 124 Å². The number of aromatic hydroxyl groups is 3. The molecule has 38 heteroatoms. The molecule has 600 valence electrons. The second kappa shape index (κ2) is 33.2. The fourth-order valence-electron chi connectivity index (χ4n) is 14.3. The summed E-state index contributed by atoms with van der Waals surface area (Å²) in [7, 11) is 1.47. The van der Waals surface area contributed by atoms with Crippen molar-refractivity contribution in [2.24, 2.45) is 23.1 Å². The Hall–Kier alpha value is -9.32. The molecule has 3 fully saturated rings. The van der Waals surface area contributed by atoms with Gasteiger partial charge in [0.25, 0.3) is 0 Å². The van der Waals surface area contributed by atoms with Gasteiger partial charge in [-0.2, -0.15) is 0 Å². The number of phenols is 3. The zero-order valence-corrected chi connectivity index (χ0v) is 62.2. The Balaban J connectivity index is 1.19. The van der Waals surface area contributed by atoms with E-state index in [1.165, 1.54) is 65.1 Å². The van der Waals surface area contributed by atoms with Gasteiger partial charge >= 0.3 is 5.97 Å². The van der Waals surface area contributed by atoms with E-state index in [0.29, 0.717) is 0 Å². The Kier molecular flexibility index (Phi) is 24.7. The summed E-state index contributed by atoms with van der Waals surface area (Å²) in [6.07, 6.45) is -22.8. The van der Waals surface area contributed by atoms with Gasteiger partial charge in [0.2, 0.25) is 53.4 Å². The first kappa shape index (κ1) is 82.6. The molecule has 0 spiro atoms. The van der Waals surface area contributed by atoms with Crippen molar-refractivity contribution < 1.29 is 127 Å². The first-order valence-corrected chi connectivity index (χ1v) is 36.1. The van der Waals surface area contributed by atoms with Gasteiger partial charge in [-0.1, -0.05) is 55.2 Å². The number of likely N-dealkylation sites (N-methyl/N-ethyl adjacent to an activating group) is 1. The molecule has 0 aliphatic carbocycles. The van der Waals surface area contributed by atoms with Crippen LogP contribution in [0.4, 0.5) is 0 Å². The summed E-state index contributed by atoms with van der Waals surface area (Å²) in [5.74, 6) is -16.1. The molecule has 8 aliphatic heterocycles. The van der Waals surface area contributed by atoms with E-state index < -0.39 is 261 Å². The Labute approximate surface area is 643 Å². The third-order valence-corrected chi connectivity index (χ3v) is 20.7. The maximum absolute atomic E-state index is 16.4. The van der Waals surface area contributed by atoms with Crippen LogP contribution in [0.2, 0.25) is 10.0 Å². The zero-order chi connectivity index (χ0) is 80.9. The Morgan fingerprint density at radius 2 is 1.23 bits per heavy atom. The molecule has 22 atom stereocenters. The number of hydrogen-bond acceptors (Lipinski definition) is 28. The minimum atomic E-state index is -2.38. The first-order valence-electron chi connectivity index (χ1n) is 35.3. The average molecular weight is 1590 g/mol. The van der Waals surface area contributed by atoms with Crippen molar-refractivity contribution in [3.63, 3.8) is 0 Å². The minimum absolute atomic E-state index is 0.110. The maximum atomic E-state index is 16.4. The van der Waals surface area contributed by atoms with E-state index >= 15 is 19.2 Å². The third kappa shape index (κ3) is 17.7. The van der Waals surface area contributed by atoms with Crippen molar-refractivity contribution in [2.75, 3.05) is 13.7 Å². The number of carbonyl (C=O) groups is 8. The number of hydrogen-bond donors (Lipinski definition) is 20. The molecule has 0 radical (unpaired) electrons. The number of aliphatic hydroxyl groups is 6. The molecule has 8 heterocycles. The largest absolute Gasteiger partial charge is 0.508 e. The molecule has 36 nitrogen and oxygen atoms in total. The minimum Gasteiger partial charge on any atom is -0.508 e. The number of ether oxygens (including phenoxy) is 8. The highest BCUT2D eigenvalue weighted by atomic mass is 35.5. The molecular weight excluding hydrogens is 1500 g/mol. The quantitative estimate of drug-likeness (QED) is 0.0672. The van der Waals surface area contributed by atoms with Crippen molar-refractivity contribution in [1.82, 2.24) is 37.2 Å². The Morgan fingerprint density at radius 3 is 1.79 bits per heavy atom. The summed E-state index contributed by atoms with van der Waals surface area (Å²) >= 11 is 14.5. The highest BCUT2D eigenvalue weighted by molar-refractivity contribution is 6.32. The van der Waals surface area contributed by atoms with Crippen LogP contribution in [-0.4, -0.2) is 215 Å². The lowest BCUT2D eigenvalue weighted by molar-refractivity contribution is -0.333. The number of carbonyl (C=O) groups excluding carboxylic acids is 7. The number of nitrogens with one attached hydrogen (secondary N) is 7. The number of nitrogens with two attached hydrogens (primary N) is 3. The summed E-state index contributed by atoms with van der Waals surface area (Å²) in [6, 6.07) is -0.452. The number of halogens is 2. The fourth-order valence-corrected chi connectivity index (χ4v) is 14.7. The Bertz CT molecular complexity index is 4420. The summed E-state index contributed by atoms with van der Waals surface area (Å²) in [4.78, 5) is 120. The number of carboxylic acid groups (broad SMARTS) is 1. The number of aliphatic carboxylic acids is 1. The van der Waals surface area contributed by atoms with Crippen molar-refractivity contribution >= 4 is 70.5 Å². The van der Waals surface area contributed by atoms with Gasteiger partial charge in [-0.3, -0.25) is 33.6 Å². The van der Waals surface area contributed by atoms with Gasteiger partial charge in [0.15, 0.2) is 36.2 Å². The summed E-state index contributed by atoms with van der Waals surface area (Å²) < 4.78 is 51.7. The van der Waals surface area contributed by atoms with E-state index in [-0.39, 0.29) is 52.6 Å². The average Bonchev–Trinajstić information content (AvgIpc) is 0.763. The zero-order valence-electron chi connectivity index (χ0n) is 60.7. The third-order valence-electron chi connectivity index (χ3n) is 20.1. The highest BCUT2D eigenvalue weighted by Gasteiger charge is 2.52. The SMILES string of the molecule is CN[C@H](CC(C)C)C(=O)N[C@H]1C(=O)N[C@@H](CC(N)=O)C(=O)N[C@H]2C(=O)N[C@H]3C(=O)N[C@H](C(=O)N[C@H](C(=O)O)c4cc(O)cc(O)c4-c4cc3ccc4O)[C@H](O[C@H]3C[C@](C)(N)[C@@H](O)[C@H](C)O3)c3ccc(c(Cl)c3)Oc3cc2cc(c3O[C@@H]2O[C@H](CO)[C@@H](O)C(O)[C@H]2O[C@H]2C[C@](C)(N)[C@@H](O)[C@H](C)O2)Oc2ccc(cc2Cl)[C@H]1O. The van der Waals surface area contributed by atoms with Crippen molar-refractivity contribution in [3.05, 3.63) is 117 Å². The number of benzene rings is 5. The van der Waals surface area contributed by atoms with Crippen molar-refractivity contribution in [1.29, 1.82) is 0 Å². The van der Waals surface area contributed by atoms with Crippen LogP contribution >= 0.6 is 23.2 Å². The number of carboxylic acids is 1. The smallest absolute Gasteiger partial charge is 0.330 e. The van der Waals surface area contributed by atoms with E-state index in [0.717, 1.165) is 48.5 Å². The van der Waals surface area contributed by atoms with Gasteiger partial charge in [0.1, 0.15) is 89.5 Å². The van der Waals surface area contributed by atoms with Gasteiger partial charge in [0.05, 0.1) is 53.5 Å². The topological polar surface area (TPSA) is 575 Å². The molecule has 11 bridgehead atoms. The van der Waals surface area contributed by atoms with E-state index in [1.54, 1.807) is 0 Å². The van der Waals surface area contributed by atoms with Crippen molar-refractivity contribution in [3.8, 4) is 57.1 Å².